The van der Waals surface area contributed by atoms with E-state index in [0.717, 1.165) is 0 Å². The van der Waals surface area contributed by atoms with E-state index in [2.05, 4.69) is 0 Å². The number of carbonyl (C=O) groups is 1. The smallest absolute Gasteiger partial charge is 0.907 e. The Bertz CT molecular complexity index is 62.1. The molecule has 0 saturated carbocycles. The van der Waals surface area contributed by atoms with Crippen LogP contribution in [0.2, 0.25) is 0 Å². The molecule has 0 aliphatic carbocycles. The van der Waals surface area contributed by atoms with Crippen molar-refractivity contribution >= 4 is 13.5 Å². The van der Waals surface area contributed by atoms with Crippen LogP contribution in [0.4, 0.5) is 4.79 Å². The molecule has 0 radical (unpaired) electrons. The molecule has 0 aliphatic heterocycles. The van der Waals surface area contributed by atoms with E-state index in [9.17, 15) is 0 Å². The van der Waals surface area contributed by atoms with Gasteiger partial charge in [-0.2, -0.15) is 0 Å². The Balaban J connectivity index is -0.0000000171. The maximum atomic E-state index is 8.56. The summed E-state index contributed by atoms with van der Waals surface area (Å²) in [6.07, 6.45) is -1.83. The molecule has 2 N–H and O–H groups in total. The average Bonchev–Trinajstić information content (AvgIpc) is 1.25. The van der Waals surface area contributed by atoms with Crippen molar-refractivity contribution in [3.8, 4) is 0 Å². The first-order valence-electron chi connectivity index (χ1n) is 1.36. The minimum absolute atomic E-state index is 0. The second-order valence-corrected chi connectivity index (χ2v) is 0.571. The summed E-state index contributed by atoms with van der Waals surface area (Å²) in [5.41, 5.74) is 0. The molecule has 0 rings (SSSR count). The Kier molecular flexibility index (Phi) is 60.5. The van der Waals surface area contributed by atoms with Gasteiger partial charge in [0.2, 0.25) is 0 Å². The third-order valence-corrected chi connectivity index (χ3v) is 0. The van der Waals surface area contributed by atoms with Crippen molar-refractivity contribution < 1.29 is 119 Å². The summed E-state index contributed by atoms with van der Waals surface area (Å²) in [5, 5.41) is 39.2. The van der Waals surface area contributed by atoms with E-state index in [4.69, 9.17) is 30.1 Å². The molecule has 0 aromatic rings. The molecule has 0 spiro atoms. The normalized spacial score (nSPS) is 4.64. The zero-order valence-corrected chi connectivity index (χ0v) is 12.6. The molecule has 0 atom stereocenters. The summed E-state index contributed by atoms with van der Waals surface area (Å²) in [6.45, 7) is 0. The number of rotatable bonds is 0. The van der Waals surface area contributed by atoms with Crippen LogP contribution in [0.25, 0.3) is 0 Å². The SMILES string of the molecule is O=C(O)O.[Na+].[Na+].[Na+].[O-]B([O-])[O-]. The maximum absolute atomic E-state index is 8.56. The molecule has 0 fully saturated rings. The molecule has 0 aliphatic rings. The standard InChI is InChI=1S/CH2O3.BO3.3Na/c2*2-1(3)4;;;/h(H2,2,3,4);;;;/q;-3;3*+1. The molecule has 0 amide bonds. The van der Waals surface area contributed by atoms with Gasteiger partial charge in [0.05, 0.1) is 0 Å². The van der Waals surface area contributed by atoms with Crippen LogP contribution in [-0.4, -0.2) is 23.7 Å². The van der Waals surface area contributed by atoms with Gasteiger partial charge in [0.1, 0.15) is 0 Å². The Hall–Kier alpha value is 2.21. The Labute approximate surface area is 130 Å². The Morgan fingerprint density at radius 2 is 1.00 bits per heavy atom. The molecule has 0 bridgehead atoms. The van der Waals surface area contributed by atoms with Crippen molar-refractivity contribution in [1.82, 2.24) is 0 Å². The molecule has 0 saturated heterocycles. The molecule has 11 heavy (non-hydrogen) atoms. The fourth-order valence-electron chi connectivity index (χ4n) is 0. The minimum atomic E-state index is -2.92. The van der Waals surface area contributed by atoms with Crippen molar-refractivity contribution in [2.75, 3.05) is 0 Å². The monoisotopic (exact) mass is 190 g/mol. The molecule has 0 aromatic carbocycles. The van der Waals surface area contributed by atoms with Crippen LogP contribution in [0.1, 0.15) is 0 Å². The Morgan fingerprint density at radius 3 is 1.00 bits per heavy atom. The predicted octanol–water partition coefficient (Wildman–Crippen LogP) is -12.7. The minimum Gasteiger partial charge on any atom is -0.907 e. The van der Waals surface area contributed by atoms with Gasteiger partial charge in [0, 0.05) is 0 Å². The first-order valence-corrected chi connectivity index (χ1v) is 1.36. The number of carboxylic acid groups (broad SMARTS) is 2. The van der Waals surface area contributed by atoms with Gasteiger partial charge in [-0.1, -0.05) is 0 Å². The van der Waals surface area contributed by atoms with E-state index in [1.54, 1.807) is 0 Å². The van der Waals surface area contributed by atoms with Gasteiger partial charge in [0.15, 0.2) is 0 Å². The molecular formula is CH2BNa3O6. The summed E-state index contributed by atoms with van der Waals surface area (Å²) in [5.74, 6) is 0. The van der Waals surface area contributed by atoms with E-state index >= 15 is 0 Å². The molecule has 48 valence electrons. The number of hydrogen-bond acceptors (Lipinski definition) is 4. The molecule has 6 nitrogen and oxygen atoms in total. The molecular weight excluding hydrogens is 188 g/mol. The summed E-state index contributed by atoms with van der Waals surface area (Å²) >= 11 is 0. The second-order valence-electron chi connectivity index (χ2n) is 0.571. The van der Waals surface area contributed by atoms with Crippen LogP contribution in [0.3, 0.4) is 0 Å². The maximum Gasteiger partial charge on any atom is 1.00 e. The van der Waals surface area contributed by atoms with E-state index in [1.807, 2.05) is 0 Å². The van der Waals surface area contributed by atoms with E-state index < -0.39 is 13.5 Å². The molecule has 0 aromatic heterocycles. The van der Waals surface area contributed by atoms with Gasteiger partial charge in [-0.15, -0.1) is 0 Å². The van der Waals surface area contributed by atoms with Gasteiger partial charge in [0.25, 0.3) is 0 Å². The van der Waals surface area contributed by atoms with E-state index in [1.165, 1.54) is 0 Å². The zero-order chi connectivity index (χ0) is 7.15. The third kappa shape index (κ3) is 260. The van der Waals surface area contributed by atoms with Gasteiger partial charge < -0.3 is 25.3 Å². The van der Waals surface area contributed by atoms with E-state index in [0.29, 0.717) is 0 Å². The predicted molar refractivity (Wildman–Crippen MR) is 16.4 cm³/mol. The second kappa shape index (κ2) is 22.8. The zero-order valence-electron chi connectivity index (χ0n) is 6.60. The number of hydrogen-bond donors (Lipinski definition) is 2. The van der Waals surface area contributed by atoms with Crippen LogP contribution < -0.4 is 104 Å². The van der Waals surface area contributed by atoms with Crippen molar-refractivity contribution in [3.05, 3.63) is 0 Å². The molecule has 0 heterocycles. The summed E-state index contributed by atoms with van der Waals surface area (Å²) in [7, 11) is -2.92. The van der Waals surface area contributed by atoms with Crippen molar-refractivity contribution in [2.45, 2.75) is 0 Å². The molecule has 10 heteroatoms. The Morgan fingerprint density at radius 1 is 1.00 bits per heavy atom. The fraction of sp³-hybridized carbons (Fsp3) is 0. The van der Waals surface area contributed by atoms with Crippen molar-refractivity contribution in [2.24, 2.45) is 0 Å². The van der Waals surface area contributed by atoms with Gasteiger partial charge in [-0.05, 0) is 0 Å². The van der Waals surface area contributed by atoms with Crippen LogP contribution in [-0.2, 0) is 0 Å². The van der Waals surface area contributed by atoms with Gasteiger partial charge in [-0.25, -0.2) is 4.79 Å². The van der Waals surface area contributed by atoms with Crippen LogP contribution in [0.5, 0.6) is 0 Å². The third-order valence-electron chi connectivity index (χ3n) is 0. The van der Waals surface area contributed by atoms with Crippen LogP contribution in [0.15, 0.2) is 0 Å². The van der Waals surface area contributed by atoms with E-state index in [-0.39, 0.29) is 88.7 Å². The summed E-state index contributed by atoms with van der Waals surface area (Å²) < 4.78 is 0. The molecule has 0 unspecified atom stereocenters. The first-order chi connectivity index (χ1) is 3.46. The van der Waals surface area contributed by atoms with Gasteiger partial charge >= 0.3 is 94.8 Å². The van der Waals surface area contributed by atoms with Crippen molar-refractivity contribution in [1.29, 1.82) is 0 Å². The fourth-order valence-corrected chi connectivity index (χ4v) is 0. The summed E-state index contributed by atoms with van der Waals surface area (Å²) in [6, 6.07) is 0. The van der Waals surface area contributed by atoms with Gasteiger partial charge in [-0.3, -0.25) is 7.32 Å². The van der Waals surface area contributed by atoms with Crippen LogP contribution >= 0.6 is 0 Å². The van der Waals surface area contributed by atoms with Crippen molar-refractivity contribution in [3.63, 3.8) is 0 Å². The first kappa shape index (κ1) is 29.2. The topological polar surface area (TPSA) is 127 Å². The largest absolute Gasteiger partial charge is 1.00 e. The summed E-state index contributed by atoms with van der Waals surface area (Å²) in [4.78, 5) is 8.56. The average molecular weight is 190 g/mol. The quantitative estimate of drug-likeness (QED) is 0.365. The van der Waals surface area contributed by atoms with Crippen LogP contribution in [0, 0.1) is 0 Å².